The number of piperazine rings is 1. The SMILES string of the molecule is Cc1cc(NC(=O)C[NH+]2CCN(c3cccc(C(F)(F)F)c3)CC2)no1. The summed E-state index contributed by atoms with van der Waals surface area (Å²) in [4.78, 5) is 15.0. The maximum atomic E-state index is 12.8. The number of aromatic nitrogens is 1. The Kier molecular flexibility index (Phi) is 5.17. The highest BCUT2D eigenvalue weighted by atomic mass is 19.4. The summed E-state index contributed by atoms with van der Waals surface area (Å²) in [6.45, 7) is 4.53. The van der Waals surface area contributed by atoms with Crippen molar-refractivity contribution in [2.75, 3.05) is 42.9 Å². The number of hydrogen-bond acceptors (Lipinski definition) is 4. The van der Waals surface area contributed by atoms with Gasteiger partial charge in [0.2, 0.25) is 0 Å². The highest BCUT2D eigenvalue weighted by molar-refractivity contribution is 5.90. The van der Waals surface area contributed by atoms with E-state index in [1.54, 1.807) is 19.1 Å². The number of benzene rings is 1. The first-order valence-corrected chi connectivity index (χ1v) is 8.30. The molecular formula is C17H20F3N4O2+. The van der Waals surface area contributed by atoms with Crippen LogP contribution in [0, 0.1) is 6.92 Å². The number of nitrogens with zero attached hydrogens (tertiary/aromatic N) is 2. The van der Waals surface area contributed by atoms with E-state index in [-0.39, 0.29) is 12.5 Å². The fourth-order valence-corrected chi connectivity index (χ4v) is 2.98. The molecule has 0 spiro atoms. The van der Waals surface area contributed by atoms with Crippen LogP contribution in [-0.2, 0) is 11.0 Å². The van der Waals surface area contributed by atoms with Gasteiger partial charge in [-0.15, -0.1) is 0 Å². The minimum absolute atomic E-state index is 0.166. The quantitative estimate of drug-likeness (QED) is 0.854. The monoisotopic (exact) mass is 369 g/mol. The van der Waals surface area contributed by atoms with Crippen molar-refractivity contribution < 1.29 is 27.4 Å². The first-order valence-electron chi connectivity index (χ1n) is 8.30. The predicted octanol–water partition coefficient (Wildman–Crippen LogP) is 1.35. The third-order valence-corrected chi connectivity index (χ3v) is 4.32. The van der Waals surface area contributed by atoms with E-state index >= 15 is 0 Å². The van der Waals surface area contributed by atoms with Crippen molar-refractivity contribution in [3.63, 3.8) is 0 Å². The summed E-state index contributed by atoms with van der Waals surface area (Å²) in [6.07, 6.45) is -4.35. The van der Waals surface area contributed by atoms with E-state index in [1.165, 1.54) is 12.1 Å². The first kappa shape index (κ1) is 18.2. The average molecular weight is 369 g/mol. The van der Waals surface area contributed by atoms with Crippen LogP contribution >= 0.6 is 0 Å². The molecule has 1 aliphatic heterocycles. The Hall–Kier alpha value is -2.55. The summed E-state index contributed by atoms with van der Waals surface area (Å²) in [7, 11) is 0. The van der Waals surface area contributed by atoms with Crippen LogP contribution in [0.15, 0.2) is 34.9 Å². The van der Waals surface area contributed by atoms with Crippen LogP contribution in [0.1, 0.15) is 11.3 Å². The number of anilines is 2. The number of alkyl halides is 3. The second-order valence-corrected chi connectivity index (χ2v) is 6.33. The average Bonchev–Trinajstić information content (AvgIpc) is 2.99. The van der Waals surface area contributed by atoms with E-state index in [9.17, 15) is 18.0 Å². The maximum absolute atomic E-state index is 12.8. The van der Waals surface area contributed by atoms with Gasteiger partial charge in [0.05, 0.1) is 31.7 Å². The normalized spacial score (nSPS) is 15.9. The number of aryl methyl sites for hydroxylation is 1. The molecule has 0 atom stereocenters. The molecular weight excluding hydrogens is 349 g/mol. The van der Waals surface area contributed by atoms with Crippen LogP contribution in [0.4, 0.5) is 24.7 Å². The highest BCUT2D eigenvalue weighted by Gasteiger charge is 2.31. The molecule has 1 fully saturated rings. The second-order valence-electron chi connectivity index (χ2n) is 6.33. The molecule has 2 N–H and O–H groups in total. The number of nitrogens with one attached hydrogen (secondary N) is 2. The Morgan fingerprint density at radius 3 is 2.65 bits per heavy atom. The van der Waals surface area contributed by atoms with E-state index in [2.05, 4.69) is 10.5 Å². The Bertz CT molecular complexity index is 767. The van der Waals surface area contributed by atoms with Crippen molar-refractivity contribution in [3.05, 3.63) is 41.7 Å². The molecule has 1 aliphatic rings. The highest BCUT2D eigenvalue weighted by Crippen LogP contribution is 2.31. The number of amides is 1. The number of carbonyl (C=O) groups is 1. The van der Waals surface area contributed by atoms with Gasteiger partial charge in [0.1, 0.15) is 5.76 Å². The van der Waals surface area contributed by atoms with Gasteiger partial charge in [-0.25, -0.2) is 0 Å². The fourth-order valence-electron chi connectivity index (χ4n) is 2.98. The minimum atomic E-state index is -4.35. The third kappa shape index (κ3) is 4.54. The molecule has 2 heterocycles. The lowest BCUT2D eigenvalue weighted by Gasteiger charge is -2.33. The van der Waals surface area contributed by atoms with Gasteiger partial charge in [-0.2, -0.15) is 13.2 Å². The topological polar surface area (TPSA) is 62.8 Å². The molecule has 1 aromatic carbocycles. The molecule has 1 amide bonds. The maximum Gasteiger partial charge on any atom is 0.416 e. The molecule has 140 valence electrons. The zero-order valence-electron chi connectivity index (χ0n) is 14.3. The molecule has 9 heteroatoms. The molecule has 0 unspecified atom stereocenters. The lowest BCUT2D eigenvalue weighted by Crippen LogP contribution is -3.15. The zero-order valence-corrected chi connectivity index (χ0v) is 14.3. The van der Waals surface area contributed by atoms with Crippen LogP contribution in [-0.4, -0.2) is 43.8 Å². The summed E-state index contributed by atoms with van der Waals surface area (Å²) in [5.41, 5.74) is -0.0894. The Labute approximate surface area is 148 Å². The van der Waals surface area contributed by atoms with Crippen molar-refractivity contribution in [1.82, 2.24) is 5.16 Å². The van der Waals surface area contributed by atoms with Crippen LogP contribution in [0.2, 0.25) is 0 Å². The van der Waals surface area contributed by atoms with E-state index in [0.717, 1.165) is 11.0 Å². The molecule has 0 radical (unpaired) electrons. The summed E-state index contributed by atoms with van der Waals surface area (Å²) in [5, 5.41) is 6.39. The molecule has 0 saturated carbocycles. The van der Waals surface area contributed by atoms with Crippen LogP contribution < -0.4 is 15.1 Å². The van der Waals surface area contributed by atoms with Gasteiger partial charge in [0.25, 0.3) is 5.91 Å². The van der Waals surface area contributed by atoms with Crippen LogP contribution in [0.5, 0.6) is 0 Å². The summed E-state index contributed by atoms with van der Waals surface area (Å²) in [6, 6.07) is 6.98. The van der Waals surface area contributed by atoms with Crippen LogP contribution in [0.25, 0.3) is 0 Å². The van der Waals surface area contributed by atoms with Gasteiger partial charge >= 0.3 is 6.18 Å². The third-order valence-electron chi connectivity index (χ3n) is 4.32. The molecule has 2 aromatic rings. The van der Waals surface area contributed by atoms with E-state index in [0.29, 0.717) is 43.4 Å². The molecule has 1 saturated heterocycles. The van der Waals surface area contributed by atoms with Gasteiger partial charge in [-0.1, -0.05) is 11.2 Å². The van der Waals surface area contributed by atoms with Crippen molar-refractivity contribution in [2.45, 2.75) is 13.1 Å². The molecule has 0 aliphatic carbocycles. The van der Waals surface area contributed by atoms with Crippen molar-refractivity contribution in [2.24, 2.45) is 0 Å². The number of hydrogen-bond donors (Lipinski definition) is 2. The van der Waals surface area contributed by atoms with Crippen LogP contribution in [0.3, 0.4) is 0 Å². The van der Waals surface area contributed by atoms with Gasteiger partial charge in [0, 0.05) is 11.8 Å². The zero-order chi connectivity index (χ0) is 18.7. The van der Waals surface area contributed by atoms with Gasteiger partial charge < -0.3 is 19.6 Å². The van der Waals surface area contributed by atoms with Crippen molar-refractivity contribution in [1.29, 1.82) is 0 Å². The number of halogens is 3. The standard InChI is InChI=1S/C17H19F3N4O2/c1-12-9-15(22-26-12)21-16(25)11-23-5-7-24(8-6-23)14-4-2-3-13(10-14)17(18,19)20/h2-4,9-10H,5-8,11H2,1H3,(H,21,22,25)/p+1. The fraction of sp³-hybridized carbons (Fsp3) is 0.412. The summed E-state index contributed by atoms with van der Waals surface area (Å²) < 4.78 is 43.4. The molecule has 3 rings (SSSR count). The smallest absolute Gasteiger partial charge is 0.360 e. The largest absolute Gasteiger partial charge is 0.416 e. The number of carbonyl (C=O) groups excluding carboxylic acids is 1. The minimum Gasteiger partial charge on any atom is -0.360 e. The Balaban J connectivity index is 1.52. The van der Waals surface area contributed by atoms with E-state index in [1.807, 2.05) is 4.90 Å². The second kappa shape index (κ2) is 7.36. The van der Waals surface area contributed by atoms with Gasteiger partial charge in [0.15, 0.2) is 12.4 Å². The lowest BCUT2D eigenvalue weighted by atomic mass is 10.1. The van der Waals surface area contributed by atoms with Gasteiger partial charge in [-0.3, -0.25) is 4.79 Å². The molecule has 26 heavy (non-hydrogen) atoms. The van der Waals surface area contributed by atoms with E-state index < -0.39 is 11.7 Å². The molecule has 0 bridgehead atoms. The summed E-state index contributed by atoms with van der Waals surface area (Å²) >= 11 is 0. The Morgan fingerprint density at radius 1 is 1.31 bits per heavy atom. The molecule has 6 nitrogen and oxygen atoms in total. The van der Waals surface area contributed by atoms with E-state index in [4.69, 9.17) is 4.52 Å². The first-order chi connectivity index (χ1) is 12.3. The Morgan fingerprint density at radius 2 is 2.04 bits per heavy atom. The number of rotatable bonds is 4. The van der Waals surface area contributed by atoms with Crippen molar-refractivity contribution in [3.8, 4) is 0 Å². The van der Waals surface area contributed by atoms with Gasteiger partial charge in [-0.05, 0) is 25.1 Å². The lowest BCUT2D eigenvalue weighted by molar-refractivity contribution is -0.892. The molecule has 1 aromatic heterocycles. The van der Waals surface area contributed by atoms with Crippen molar-refractivity contribution >= 4 is 17.4 Å². The summed E-state index contributed by atoms with van der Waals surface area (Å²) in [5.74, 6) is 0.831. The predicted molar refractivity (Wildman–Crippen MR) is 89.1 cm³/mol. The number of quaternary nitrogens is 1.